The number of rotatable bonds is 3. The van der Waals surface area contributed by atoms with Gasteiger partial charge >= 0.3 is 0 Å². The zero-order valence-corrected chi connectivity index (χ0v) is 7.00. The van der Waals surface area contributed by atoms with E-state index in [1.54, 1.807) is 6.92 Å². The van der Waals surface area contributed by atoms with E-state index in [2.05, 4.69) is 5.10 Å². The highest BCUT2D eigenvalue weighted by Crippen LogP contribution is 2.20. The fourth-order valence-corrected chi connectivity index (χ4v) is 0.949. The predicted octanol–water partition coefficient (Wildman–Crippen LogP) is 0.940. The summed E-state index contributed by atoms with van der Waals surface area (Å²) < 4.78 is 25.8. The van der Waals surface area contributed by atoms with Gasteiger partial charge in [0, 0.05) is 12.7 Å². The van der Waals surface area contributed by atoms with E-state index in [1.165, 1.54) is 10.9 Å². The molecular weight excluding hydrogens is 180 g/mol. The molecule has 4 nitrogen and oxygen atoms in total. The van der Waals surface area contributed by atoms with E-state index in [1.807, 2.05) is 0 Å². The molecule has 0 fully saturated rings. The van der Waals surface area contributed by atoms with Crippen LogP contribution in [0.3, 0.4) is 0 Å². The first-order valence-electron chi connectivity index (χ1n) is 3.71. The topological polar surface area (TPSA) is 60.9 Å². The zero-order chi connectivity index (χ0) is 10.0. The Labute approximate surface area is 73.3 Å². The molecule has 0 bridgehead atoms. The largest absolute Gasteiger partial charge is 0.365 e. The van der Waals surface area contributed by atoms with Gasteiger partial charge in [-0.05, 0) is 6.92 Å². The van der Waals surface area contributed by atoms with Crippen LogP contribution in [0.5, 0.6) is 0 Å². The lowest BCUT2D eigenvalue weighted by Gasteiger charge is -1.94. The van der Waals surface area contributed by atoms with Gasteiger partial charge in [-0.15, -0.1) is 0 Å². The highest BCUT2D eigenvalue weighted by atomic mass is 19.3. The Morgan fingerprint density at radius 2 is 2.38 bits per heavy atom. The Balaban J connectivity index is 3.15. The monoisotopic (exact) mass is 189 g/mol. The average molecular weight is 189 g/mol. The number of amides is 1. The average Bonchev–Trinajstić information content (AvgIpc) is 2.47. The minimum Gasteiger partial charge on any atom is -0.365 e. The van der Waals surface area contributed by atoms with E-state index in [0.29, 0.717) is 6.54 Å². The molecule has 1 heterocycles. The van der Waals surface area contributed by atoms with Crippen LogP contribution < -0.4 is 5.73 Å². The van der Waals surface area contributed by atoms with Crippen LogP contribution in [0, 0.1) is 0 Å². The van der Waals surface area contributed by atoms with Crippen molar-refractivity contribution in [2.45, 2.75) is 19.9 Å². The van der Waals surface area contributed by atoms with Crippen LogP contribution in [0.25, 0.3) is 0 Å². The fraction of sp³-hybridized carbons (Fsp3) is 0.429. The van der Waals surface area contributed by atoms with Crippen LogP contribution in [0.4, 0.5) is 8.78 Å². The van der Waals surface area contributed by atoms with E-state index in [4.69, 9.17) is 5.73 Å². The van der Waals surface area contributed by atoms with Crippen molar-refractivity contribution >= 4 is 5.91 Å². The van der Waals surface area contributed by atoms with Crippen molar-refractivity contribution in [3.8, 4) is 0 Å². The SMILES string of the molecule is CCn1cc(C(N)=O)c(C(F)F)n1. The van der Waals surface area contributed by atoms with Gasteiger partial charge in [0.1, 0.15) is 5.69 Å². The number of hydrogen-bond donors (Lipinski definition) is 1. The van der Waals surface area contributed by atoms with E-state index < -0.39 is 18.0 Å². The van der Waals surface area contributed by atoms with E-state index >= 15 is 0 Å². The lowest BCUT2D eigenvalue weighted by atomic mass is 10.2. The number of halogens is 2. The Kier molecular flexibility index (Phi) is 2.60. The molecule has 72 valence electrons. The van der Waals surface area contributed by atoms with E-state index in [0.717, 1.165) is 0 Å². The molecule has 0 aliphatic carbocycles. The lowest BCUT2D eigenvalue weighted by molar-refractivity contribution is 0.0985. The summed E-state index contributed by atoms with van der Waals surface area (Å²) in [7, 11) is 0. The van der Waals surface area contributed by atoms with Gasteiger partial charge in [0.2, 0.25) is 0 Å². The second kappa shape index (κ2) is 3.51. The van der Waals surface area contributed by atoms with Gasteiger partial charge in [0.25, 0.3) is 12.3 Å². The van der Waals surface area contributed by atoms with Crippen LogP contribution in [0.15, 0.2) is 6.20 Å². The summed E-state index contributed by atoms with van der Waals surface area (Å²) in [5.41, 5.74) is 4.14. The Hall–Kier alpha value is -1.46. The number of aryl methyl sites for hydroxylation is 1. The lowest BCUT2D eigenvalue weighted by Crippen LogP contribution is -2.12. The van der Waals surface area contributed by atoms with Crippen molar-refractivity contribution in [1.82, 2.24) is 9.78 Å². The Morgan fingerprint density at radius 3 is 2.69 bits per heavy atom. The molecular formula is C7H9F2N3O. The Bertz CT molecular complexity index is 322. The highest BCUT2D eigenvalue weighted by Gasteiger charge is 2.20. The maximum absolute atomic E-state index is 12.3. The maximum Gasteiger partial charge on any atom is 0.282 e. The minimum atomic E-state index is -2.77. The molecule has 6 heteroatoms. The smallest absolute Gasteiger partial charge is 0.282 e. The van der Waals surface area contributed by atoms with Crippen LogP contribution in [-0.4, -0.2) is 15.7 Å². The molecule has 2 N–H and O–H groups in total. The van der Waals surface area contributed by atoms with Crippen molar-refractivity contribution < 1.29 is 13.6 Å². The summed E-state index contributed by atoms with van der Waals surface area (Å²) in [6, 6.07) is 0. The van der Waals surface area contributed by atoms with Crippen LogP contribution in [-0.2, 0) is 6.54 Å². The van der Waals surface area contributed by atoms with E-state index in [-0.39, 0.29) is 5.56 Å². The number of aromatic nitrogens is 2. The van der Waals surface area contributed by atoms with Gasteiger partial charge in [-0.2, -0.15) is 5.10 Å². The van der Waals surface area contributed by atoms with Gasteiger partial charge in [-0.3, -0.25) is 9.48 Å². The first-order chi connectivity index (χ1) is 6.06. The molecule has 13 heavy (non-hydrogen) atoms. The molecule has 1 aromatic heterocycles. The minimum absolute atomic E-state index is 0.211. The first kappa shape index (κ1) is 9.63. The predicted molar refractivity (Wildman–Crippen MR) is 41.4 cm³/mol. The van der Waals surface area contributed by atoms with Crippen molar-refractivity contribution in [3.05, 3.63) is 17.5 Å². The van der Waals surface area contributed by atoms with Crippen molar-refractivity contribution in [1.29, 1.82) is 0 Å². The molecule has 0 aliphatic rings. The summed E-state index contributed by atoms with van der Waals surface area (Å²) in [4.78, 5) is 10.7. The van der Waals surface area contributed by atoms with Crippen molar-refractivity contribution in [2.24, 2.45) is 5.73 Å². The zero-order valence-electron chi connectivity index (χ0n) is 7.00. The summed E-state index contributed by atoms with van der Waals surface area (Å²) in [6.45, 7) is 2.15. The second-order valence-electron chi connectivity index (χ2n) is 2.45. The second-order valence-corrected chi connectivity index (χ2v) is 2.45. The number of carbonyl (C=O) groups is 1. The summed E-state index contributed by atoms with van der Waals surface area (Å²) in [6.07, 6.45) is -1.54. The number of primary amides is 1. The summed E-state index contributed by atoms with van der Waals surface area (Å²) in [5, 5.41) is 3.52. The molecule has 0 atom stereocenters. The normalized spacial score (nSPS) is 10.8. The molecule has 0 spiro atoms. The summed E-state index contributed by atoms with van der Waals surface area (Å²) in [5.74, 6) is -0.880. The molecule has 0 aromatic carbocycles. The standard InChI is InChI=1S/C7H9F2N3O/c1-2-12-3-4(7(10)13)5(11-12)6(8)9/h3,6H,2H2,1H3,(H2,10,13). The van der Waals surface area contributed by atoms with Crippen LogP contribution in [0.1, 0.15) is 29.4 Å². The third kappa shape index (κ3) is 1.82. The fourth-order valence-electron chi connectivity index (χ4n) is 0.949. The highest BCUT2D eigenvalue weighted by molar-refractivity contribution is 5.93. The summed E-state index contributed by atoms with van der Waals surface area (Å²) >= 11 is 0. The maximum atomic E-state index is 12.3. The molecule has 1 rings (SSSR count). The van der Waals surface area contributed by atoms with Crippen molar-refractivity contribution in [2.75, 3.05) is 0 Å². The van der Waals surface area contributed by atoms with Gasteiger partial charge in [0.15, 0.2) is 0 Å². The van der Waals surface area contributed by atoms with Gasteiger partial charge in [0.05, 0.1) is 5.56 Å². The van der Waals surface area contributed by atoms with Gasteiger partial charge < -0.3 is 5.73 Å². The molecule has 0 unspecified atom stereocenters. The van der Waals surface area contributed by atoms with Crippen LogP contribution in [0.2, 0.25) is 0 Å². The first-order valence-corrected chi connectivity index (χ1v) is 3.71. The molecule has 0 saturated heterocycles. The number of carbonyl (C=O) groups excluding carboxylic acids is 1. The third-order valence-electron chi connectivity index (χ3n) is 1.59. The molecule has 1 amide bonds. The van der Waals surface area contributed by atoms with Gasteiger partial charge in [-0.1, -0.05) is 0 Å². The number of nitrogens with two attached hydrogens (primary N) is 1. The quantitative estimate of drug-likeness (QED) is 0.769. The number of alkyl halides is 2. The van der Waals surface area contributed by atoms with E-state index in [9.17, 15) is 13.6 Å². The molecule has 1 aromatic rings. The number of hydrogen-bond acceptors (Lipinski definition) is 2. The van der Waals surface area contributed by atoms with Crippen molar-refractivity contribution in [3.63, 3.8) is 0 Å². The molecule has 0 radical (unpaired) electrons. The third-order valence-corrected chi connectivity index (χ3v) is 1.59. The van der Waals surface area contributed by atoms with Crippen LogP contribution >= 0.6 is 0 Å². The molecule has 0 saturated carbocycles. The van der Waals surface area contributed by atoms with Gasteiger partial charge in [-0.25, -0.2) is 8.78 Å². The molecule has 0 aliphatic heterocycles. The Morgan fingerprint density at radius 1 is 1.77 bits per heavy atom. The number of nitrogens with zero attached hydrogens (tertiary/aromatic N) is 2.